The summed E-state index contributed by atoms with van der Waals surface area (Å²) in [4.78, 5) is 26.3. The monoisotopic (exact) mass is 526 g/mol. The van der Waals surface area contributed by atoms with Crippen molar-refractivity contribution in [2.24, 2.45) is 5.10 Å². The van der Waals surface area contributed by atoms with Crippen LogP contribution in [0.25, 0.3) is 0 Å². The predicted octanol–water partition coefficient (Wildman–Crippen LogP) is 4.19. The number of hydrazone groups is 1. The van der Waals surface area contributed by atoms with Gasteiger partial charge in [-0.2, -0.15) is 20.1 Å². The van der Waals surface area contributed by atoms with Gasteiger partial charge in [0.25, 0.3) is 5.69 Å². The number of nitro benzene ring substituents is 1. The van der Waals surface area contributed by atoms with E-state index in [1.165, 1.54) is 12.3 Å². The molecule has 12 heteroatoms. The molecule has 11 nitrogen and oxygen atoms in total. The Kier molecular flexibility index (Phi) is 7.28. The first-order valence-corrected chi connectivity index (χ1v) is 11.3. The zero-order valence-electron chi connectivity index (χ0n) is 18.7. The summed E-state index contributed by atoms with van der Waals surface area (Å²) < 4.78 is 5.84. The molecule has 1 aliphatic heterocycles. The Balaban J connectivity index is 1.60. The topological polar surface area (TPSA) is 131 Å². The van der Waals surface area contributed by atoms with Gasteiger partial charge < -0.3 is 15.0 Å². The van der Waals surface area contributed by atoms with Crippen LogP contribution < -0.4 is 15.6 Å². The number of morpholine rings is 1. The molecule has 3 aromatic rings. The van der Waals surface area contributed by atoms with Gasteiger partial charge in [0.2, 0.25) is 17.8 Å². The quantitative estimate of drug-likeness (QED) is 0.264. The lowest BCUT2D eigenvalue weighted by atomic mass is 10.1. The van der Waals surface area contributed by atoms with E-state index in [0.717, 1.165) is 16.8 Å². The minimum atomic E-state index is -0.458. The molecular weight excluding hydrogens is 504 g/mol. The van der Waals surface area contributed by atoms with Crippen molar-refractivity contribution in [3.63, 3.8) is 0 Å². The summed E-state index contributed by atoms with van der Waals surface area (Å²) in [5, 5.41) is 18.6. The molecule has 0 aliphatic carbocycles. The van der Waals surface area contributed by atoms with Crippen LogP contribution in [-0.4, -0.2) is 52.4 Å². The summed E-state index contributed by atoms with van der Waals surface area (Å²) in [6, 6.07) is 10.8. The summed E-state index contributed by atoms with van der Waals surface area (Å²) in [5.74, 6) is 1.12. The average Bonchev–Trinajstić information content (AvgIpc) is 2.83. The van der Waals surface area contributed by atoms with Gasteiger partial charge in [0, 0.05) is 30.4 Å². The van der Waals surface area contributed by atoms with Crippen LogP contribution in [0.5, 0.6) is 0 Å². The molecule has 1 saturated heterocycles. The summed E-state index contributed by atoms with van der Waals surface area (Å²) in [6.45, 7) is 6.54. The maximum absolute atomic E-state index is 11.2. The van der Waals surface area contributed by atoms with Crippen molar-refractivity contribution in [2.75, 3.05) is 41.9 Å². The SMILES string of the molecule is Cc1ccc(C)c(Nc2nc(N/N=C/c3ccc(Br)c([N+](=O)[O-])c3)nc(N3CCOCC3)n2)c1. The van der Waals surface area contributed by atoms with Crippen molar-refractivity contribution < 1.29 is 9.66 Å². The van der Waals surface area contributed by atoms with Crippen LogP contribution in [0.2, 0.25) is 0 Å². The number of rotatable bonds is 7. The molecule has 0 bridgehead atoms. The maximum atomic E-state index is 11.2. The molecule has 4 rings (SSSR count). The van der Waals surface area contributed by atoms with E-state index in [1.807, 2.05) is 36.9 Å². The summed E-state index contributed by atoms with van der Waals surface area (Å²) >= 11 is 3.18. The minimum Gasteiger partial charge on any atom is -0.378 e. The maximum Gasteiger partial charge on any atom is 0.284 e. The molecule has 1 aliphatic rings. The van der Waals surface area contributed by atoms with Gasteiger partial charge in [-0.15, -0.1) is 0 Å². The van der Waals surface area contributed by atoms with Crippen LogP contribution >= 0.6 is 15.9 Å². The lowest BCUT2D eigenvalue weighted by Crippen LogP contribution is -2.37. The Bertz CT molecular complexity index is 1230. The highest BCUT2D eigenvalue weighted by Crippen LogP contribution is 2.25. The fourth-order valence-corrected chi connectivity index (χ4v) is 3.67. The van der Waals surface area contributed by atoms with Crippen molar-refractivity contribution in [2.45, 2.75) is 13.8 Å². The first kappa shape index (κ1) is 23.5. The Labute approximate surface area is 204 Å². The standard InChI is InChI=1S/C22H23BrN8O3/c1-14-3-4-15(2)18(11-14)25-20-26-21(28-22(27-20)30-7-9-34-10-8-30)29-24-13-16-5-6-17(23)19(12-16)31(32)33/h3-6,11-13H,7-10H2,1-2H3,(H2,25,26,27,28,29)/b24-13+. The van der Waals surface area contributed by atoms with Crippen molar-refractivity contribution in [3.05, 3.63) is 67.7 Å². The second-order valence-electron chi connectivity index (χ2n) is 7.66. The van der Waals surface area contributed by atoms with E-state index in [4.69, 9.17) is 4.74 Å². The van der Waals surface area contributed by atoms with Crippen LogP contribution in [0.15, 0.2) is 46.0 Å². The normalized spacial score (nSPS) is 13.8. The minimum absolute atomic E-state index is 0.0428. The van der Waals surface area contributed by atoms with E-state index < -0.39 is 4.92 Å². The summed E-state index contributed by atoms with van der Waals surface area (Å²) in [7, 11) is 0. The van der Waals surface area contributed by atoms with E-state index in [2.05, 4.69) is 46.7 Å². The lowest BCUT2D eigenvalue weighted by Gasteiger charge is -2.27. The first-order valence-electron chi connectivity index (χ1n) is 10.5. The highest BCUT2D eigenvalue weighted by Gasteiger charge is 2.17. The summed E-state index contributed by atoms with van der Waals surface area (Å²) in [5.41, 5.74) is 6.40. The van der Waals surface area contributed by atoms with Crippen molar-refractivity contribution >= 4 is 51.4 Å². The zero-order valence-corrected chi connectivity index (χ0v) is 20.2. The smallest absolute Gasteiger partial charge is 0.284 e. The van der Waals surface area contributed by atoms with Crippen LogP contribution in [0.4, 0.5) is 29.2 Å². The Morgan fingerprint density at radius 3 is 2.65 bits per heavy atom. The van der Waals surface area contributed by atoms with Crippen LogP contribution in [0, 0.1) is 24.0 Å². The van der Waals surface area contributed by atoms with E-state index >= 15 is 0 Å². The number of aromatic nitrogens is 3. The van der Waals surface area contributed by atoms with Gasteiger partial charge in [-0.05, 0) is 53.0 Å². The number of aryl methyl sites for hydroxylation is 2. The van der Waals surface area contributed by atoms with Gasteiger partial charge in [-0.1, -0.05) is 18.2 Å². The molecule has 176 valence electrons. The molecule has 0 unspecified atom stereocenters. The predicted molar refractivity (Wildman–Crippen MR) is 134 cm³/mol. The van der Waals surface area contributed by atoms with Crippen LogP contribution in [0.3, 0.4) is 0 Å². The highest BCUT2D eigenvalue weighted by atomic mass is 79.9. The van der Waals surface area contributed by atoms with E-state index in [1.54, 1.807) is 12.1 Å². The number of anilines is 4. The van der Waals surface area contributed by atoms with Gasteiger partial charge >= 0.3 is 0 Å². The Morgan fingerprint density at radius 1 is 1.12 bits per heavy atom. The molecule has 0 spiro atoms. The number of hydrogen-bond donors (Lipinski definition) is 2. The van der Waals surface area contributed by atoms with Gasteiger partial charge in [-0.25, -0.2) is 5.43 Å². The molecular formula is C22H23BrN8O3. The second-order valence-corrected chi connectivity index (χ2v) is 8.52. The van der Waals surface area contributed by atoms with Gasteiger partial charge in [0.15, 0.2) is 0 Å². The third-order valence-corrected chi connectivity index (χ3v) is 5.77. The van der Waals surface area contributed by atoms with Crippen molar-refractivity contribution in [1.82, 2.24) is 15.0 Å². The molecule has 2 N–H and O–H groups in total. The molecule has 0 atom stereocenters. The average molecular weight is 527 g/mol. The first-order chi connectivity index (χ1) is 16.4. The van der Waals surface area contributed by atoms with E-state index in [-0.39, 0.29) is 11.6 Å². The fourth-order valence-electron chi connectivity index (χ4n) is 3.28. The van der Waals surface area contributed by atoms with Gasteiger partial charge in [-0.3, -0.25) is 10.1 Å². The number of ether oxygens (including phenoxy) is 1. The Hall–Kier alpha value is -3.64. The van der Waals surface area contributed by atoms with Gasteiger partial charge in [0.05, 0.1) is 28.8 Å². The van der Waals surface area contributed by atoms with Crippen LogP contribution in [0.1, 0.15) is 16.7 Å². The Morgan fingerprint density at radius 2 is 1.88 bits per heavy atom. The molecule has 0 radical (unpaired) electrons. The molecule has 2 aromatic carbocycles. The number of hydrogen-bond acceptors (Lipinski definition) is 10. The number of halogens is 1. The van der Waals surface area contributed by atoms with Crippen molar-refractivity contribution in [1.29, 1.82) is 0 Å². The van der Waals surface area contributed by atoms with Gasteiger partial charge in [0.1, 0.15) is 0 Å². The number of nitrogens with one attached hydrogen (secondary N) is 2. The largest absolute Gasteiger partial charge is 0.378 e. The number of nitro groups is 1. The molecule has 1 aromatic heterocycles. The molecule has 0 amide bonds. The van der Waals surface area contributed by atoms with Crippen LogP contribution in [-0.2, 0) is 4.74 Å². The van der Waals surface area contributed by atoms with E-state index in [9.17, 15) is 10.1 Å². The number of nitrogens with zero attached hydrogens (tertiary/aromatic N) is 6. The van der Waals surface area contributed by atoms with Crippen molar-refractivity contribution in [3.8, 4) is 0 Å². The third kappa shape index (κ3) is 5.83. The summed E-state index contributed by atoms with van der Waals surface area (Å²) in [6.07, 6.45) is 1.47. The third-order valence-electron chi connectivity index (χ3n) is 5.10. The highest BCUT2D eigenvalue weighted by molar-refractivity contribution is 9.10. The fraction of sp³-hybridized carbons (Fsp3) is 0.273. The number of benzene rings is 2. The molecule has 1 fully saturated rings. The zero-order chi connectivity index (χ0) is 24.1. The molecule has 34 heavy (non-hydrogen) atoms. The molecule has 2 heterocycles. The van der Waals surface area contributed by atoms with E-state index in [0.29, 0.717) is 48.2 Å². The molecule has 0 saturated carbocycles. The second kappa shape index (κ2) is 10.5. The lowest BCUT2D eigenvalue weighted by molar-refractivity contribution is -0.385.